The quantitative estimate of drug-likeness (QED) is 0.452. The summed E-state index contributed by atoms with van der Waals surface area (Å²) < 4.78 is 28.8. The van der Waals surface area contributed by atoms with E-state index in [0.717, 1.165) is 35.2 Å². The lowest BCUT2D eigenvalue weighted by molar-refractivity contribution is 0.0951. The van der Waals surface area contributed by atoms with Crippen LogP contribution in [0.25, 0.3) is 5.57 Å². The van der Waals surface area contributed by atoms with Crippen LogP contribution in [0.2, 0.25) is 0 Å². The monoisotopic (exact) mass is 436 g/mol. The maximum atomic E-state index is 13.0. The van der Waals surface area contributed by atoms with Gasteiger partial charge in [0.05, 0.1) is 10.6 Å². The highest BCUT2D eigenvalue weighted by molar-refractivity contribution is 7.86. The fourth-order valence-corrected chi connectivity index (χ4v) is 3.97. The van der Waals surface area contributed by atoms with Crippen molar-refractivity contribution >= 4 is 28.2 Å². The largest absolute Gasteiger partial charge is 0.348 e. The molecule has 1 amide bonds. The van der Waals surface area contributed by atoms with Crippen molar-refractivity contribution in [1.29, 1.82) is 0 Å². The summed E-state index contributed by atoms with van der Waals surface area (Å²) in [6, 6.07) is 20.2. The molecule has 0 radical (unpaired) electrons. The molecule has 3 aromatic carbocycles. The molecule has 0 saturated carbocycles. The van der Waals surface area contributed by atoms with Gasteiger partial charge in [-0.05, 0) is 60.0 Å². The summed E-state index contributed by atoms with van der Waals surface area (Å²) in [6.07, 6.45) is 1.86. The summed E-state index contributed by atoms with van der Waals surface area (Å²) in [5.41, 5.74) is 3.98. The van der Waals surface area contributed by atoms with E-state index in [4.69, 9.17) is 0 Å². The minimum Gasteiger partial charge on any atom is -0.348 e. The maximum Gasteiger partial charge on any atom is 0.251 e. The Hall–Kier alpha value is -3.25. The van der Waals surface area contributed by atoms with E-state index in [0.29, 0.717) is 17.0 Å². The topological polar surface area (TPSA) is 58.2 Å². The number of anilines is 1. The number of carbonyl (C=O) groups excluding carboxylic acids is 1. The third-order valence-electron chi connectivity index (χ3n) is 4.76. The van der Waals surface area contributed by atoms with Crippen LogP contribution >= 0.6 is 0 Å². The number of benzene rings is 3. The lowest BCUT2D eigenvalue weighted by Gasteiger charge is -2.13. The van der Waals surface area contributed by atoms with Crippen LogP contribution in [0.3, 0.4) is 0 Å². The van der Waals surface area contributed by atoms with E-state index in [1.54, 1.807) is 36.4 Å². The molecule has 0 aliphatic heterocycles. The molecule has 31 heavy (non-hydrogen) atoms. The molecule has 0 aromatic heterocycles. The van der Waals surface area contributed by atoms with Gasteiger partial charge in [0, 0.05) is 17.7 Å². The molecular weight excluding hydrogens is 411 g/mol. The lowest BCUT2D eigenvalue weighted by atomic mass is 10.0. The summed E-state index contributed by atoms with van der Waals surface area (Å²) in [5, 5.41) is 2.79. The van der Waals surface area contributed by atoms with Crippen molar-refractivity contribution in [2.75, 3.05) is 4.72 Å². The second kappa shape index (κ2) is 10.7. The third-order valence-corrected chi connectivity index (χ3v) is 5.86. The minimum absolute atomic E-state index is 0.254. The maximum absolute atomic E-state index is 13.0. The van der Waals surface area contributed by atoms with Crippen LogP contribution in [0.15, 0.2) is 84.3 Å². The normalized spacial score (nSPS) is 11.5. The zero-order valence-corrected chi connectivity index (χ0v) is 18.2. The van der Waals surface area contributed by atoms with E-state index in [-0.39, 0.29) is 11.7 Å². The molecule has 0 bridgehead atoms. The number of halogens is 1. The van der Waals surface area contributed by atoms with E-state index in [9.17, 15) is 13.4 Å². The van der Waals surface area contributed by atoms with Gasteiger partial charge < -0.3 is 10.0 Å². The molecular formula is C25H25FN2O2S. The van der Waals surface area contributed by atoms with E-state index >= 15 is 0 Å². The first-order valence-corrected chi connectivity index (χ1v) is 11.2. The Bertz CT molecular complexity index is 1080. The van der Waals surface area contributed by atoms with E-state index in [1.165, 1.54) is 12.1 Å². The van der Waals surface area contributed by atoms with Gasteiger partial charge >= 0.3 is 0 Å². The zero-order chi connectivity index (χ0) is 22.2. The Morgan fingerprint density at radius 1 is 1.00 bits per heavy atom. The van der Waals surface area contributed by atoms with Gasteiger partial charge in [0.15, 0.2) is 0 Å². The fraction of sp³-hybridized carbons (Fsp3) is 0.160. The summed E-state index contributed by atoms with van der Waals surface area (Å²) in [7, 11) is -1.48. The Morgan fingerprint density at radius 3 is 2.35 bits per heavy atom. The number of rotatable bonds is 9. The first-order chi connectivity index (χ1) is 15.0. The van der Waals surface area contributed by atoms with Crippen LogP contribution in [0.4, 0.5) is 10.1 Å². The van der Waals surface area contributed by atoms with Gasteiger partial charge in [-0.3, -0.25) is 4.79 Å². The number of allylic oxidation sites excluding steroid dienone is 1. The molecule has 0 saturated heterocycles. The van der Waals surface area contributed by atoms with Crippen molar-refractivity contribution in [2.45, 2.75) is 31.2 Å². The van der Waals surface area contributed by atoms with Gasteiger partial charge in [-0.15, -0.1) is 0 Å². The van der Waals surface area contributed by atoms with Crippen molar-refractivity contribution in [3.63, 3.8) is 0 Å². The van der Waals surface area contributed by atoms with Crippen LogP contribution < -0.4 is 10.0 Å². The molecule has 0 fully saturated rings. The molecule has 0 heterocycles. The molecule has 0 aliphatic carbocycles. The minimum atomic E-state index is -1.48. The van der Waals surface area contributed by atoms with Gasteiger partial charge in [0.1, 0.15) is 16.8 Å². The van der Waals surface area contributed by atoms with Gasteiger partial charge in [0.2, 0.25) is 0 Å². The molecule has 0 spiro atoms. The average Bonchev–Trinajstić information content (AvgIpc) is 2.79. The number of para-hydroxylation sites is 1. The standard InChI is InChI=1S/C25H25FN2O2S/c1-3-6-18(2)23-7-4-5-8-24(23)28-31(30)22-15-11-20(12-16-22)25(29)27-17-19-9-13-21(26)14-10-19/h4-5,7-16,28H,2-3,6,17H2,1H3,(H,27,29). The van der Waals surface area contributed by atoms with Gasteiger partial charge in [0.25, 0.3) is 5.91 Å². The van der Waals surface area contributed by atoms with Crippen LogP contribution in [0.1, 0.15) is 41.3 Å². The highest BCUT2D eigenvalue weighted by atomic mass is 32.2. The average molecular weight is 437 g/mol. The lowest BCUT2D eigenvalue weighted by Crippen LogP contribution is -2.22. The first kappa shape index (κ1) is 22.4. The van der Waals surface area contributed by atoms with E-state index in [2.05, 4.69) is 23.5 Å². The van der Waals surface area contributed by atoms with Crippen molar-refractivity contribution in [1.82, 2.24) is 5.32 Å². The second-order valence-corrected chi connectivity index (χ2v) is 8.32. The molecule has 4 nitrogen and oxygen atoms in total. The van der Waals surface area contributed by atoms with Crippen molar-refractivity contribution in [3.05, 3.63) is 102 Å². The zero-order valence-electron chi connectivity index (χ0n) is 17.4. The number of hydrogen-bond acceptors (Lipinski definition) is 2. The summed E-state index contributed by atoms with van der Waals surface area (Å²) >= 11 is 0. The van der Waals surface area contributed by atoms with Gasteiger partial charge in [-0.2, -0.15) is 0 Å². The molecule has 6 heteroatoms. The Kier molecular flexibility index (Phi) is 7.73. The van der Waals surface area contributed by atoms with Gasteiger partial charge in [-0.1, -0.05) is 50.3 Å². The number of nitrogens with one attached hydrogen (secondary N) is 2. The Labute approximate surface area is 184 Å². The van der Waals surface area contributed by atoms with Crippen LogP contribution in [-0.4, -0.2) is 10.1 Å². The predicted octanol–water partition coefficient (Wildman–Crippen LogP) is 5.70. The van der Waals surface area contributed by atoms with Crippen molar-refractivity contribution < 1.29 is 13.4 Å². The summed E-state index contributed by atoms with van der Waals surface area (Å²) in [5.74, 6) is -0.569. The molecule has 3 aromatic rings. The Balaban J connectivity index is 1.63. The smallest absolute Gasteiger partial charge is 0.251 e. The molecule has 3 rings (SSSR count). The highest BCUT2D eigenvalue weighted by Crippen LogP contribution is 2.27. The first-order valence-electron chi connectivity index (χ1n) is 10.1. The molecule has 2 N–H and O–H groups in total. The van der Waals surface area contributed by atoms with Crippen LogP contribution in [0, 0.1) is 5.82 Å². The summed E-state index contributed by atoms with van der Waals surface area (Å²) in [4.78, 5) is 12.9. The SMILES string of the molecule is C=C(CCC)c1ccccc1NS(=O)c1ccc(C(=O)NCc2ccc(F)cc2)cc1. The van der Waals surface area contributed by atoms with E-state index in [1.807, 2.05) is 24.3 Å². The Morgan fingerprint density at radius 2 is 1.68 bits per heavy atom. The molecule has 160 valence electrons. The van der Waals surface area contributed by atoms with Crippen molar-refractivity contribution in [2.24, 2.45) is 0 Å². The van der Waals surface area contributed by atoms with Gasteiger partial charge in [-0.25, -0.2) is 8.60 Å². The number of amides is 1. The highest BCUT2D eigenvalue weighted by Gasteiger charge is 2.11. The second-order valence-electron chi connectivity index (χ2n) is 7.10. The van der Waals surface area contributed by atoms with Crippen LogP contribution in [-0.2, 0) is 17.5 Å². The molecule has 1 atom stereocenters. The third kappa shape index (κ3) is 6.12. The summed E-state index contributed by atoms with van der Waals surface area (Å²) in [6.45, 7) is 6.52. The number of hydrogen-bond donors (Lipinski definition) is 2. The van der Waals surface area contributed by atoms with Crippen LogP contribution in [0.5, 0.6) is 0 Å². The van der Waals surface area contributed by atoms with E-state index < -0.39 is 11.0 Å². The molecule has 1 unspecified atom stereocenters. The van der Waals surface area contributed by atoms with Crippen molar-refractivity contribution in [3.8, 4) is 0 Å². The predicted molar refractivity (Wildman–Crippen MR) is 124 cm³/mol. The number of carbonyl (C=O) groups is 1. The molecule has 0 aliphatic rings. The fourth-order valence-electron chi connectivity index (χ4n) is 3.09.